The van der Waals surface area contributed by atoms with Crippen molar-refractivity contribution >= 4 is 21.7 Å². The monoisotopic (exact) mass is 301 g/mol. The minimum Gasteiger partial charge on any atom is -0.358 e. The summed E-state index contributed by atoms with van der Waals surface area (Å²) < 4.78 is 37.4. The number of rotatable bonds is 3. The Balaban J connectivity index is 2.84. The number of nitro groups is 1. The molecule has 0 amide bonds. The van der Waals surface area contributed by atoms with Gasteiger partial charge in [0.1, 0.15) is 4.83 Å². The highest BCUT2D eigenvalue weighted by atomic mass is 79.9. The molecule has 0 aromatic carbocycles. The molecule has 1 unspecified atom stereocenters. The molecule has 9 heteroatoms. The minimum absolute atomic E-state index is 0.229. The lowest BCUT2D eigenvalue weighted by molar-refractivity contribution is -0.390. The van der Waals surface area contributed by atoms with Gasteiger partial charge in [-0.15, -0.1) is 0 Å². The van der Waals surface area contributed by atoms with Gasteiger partial charge in [-0.25, -0.2) is 0 Å². The first-order valence-corrected chi connectivity index (χ1v) is 5.02. The number of aryl methyl sites for hydroxylation is 1. The molecular weight excluding hydrogens is 295 g/mol. The molecule has 1 rings (SSSR count). The highest BCUT2D eigenvalue weighted by molar-refractivity contribution is 9.09. The lowest BCUT2D eigenvalue weighted by Crippen LogP contribution is -2.27. The molecule has 1 aromatic rings. The smallest absolute Gasteiger partial charge is 0.358 e. The largest absolute Gasteiger partial charge is 0.403 e. The van der Waals surface area contributed by atoms with E-state index in [0.29, 0.717) is 0 Å². The van der Waals surface area contributed by atoms with Crippen LogP contribution in [0.3, 0.4) is 0 Å². The quantitative estimate of drug-likeness (QED) is 0.489. The Morgan fingerprint density at radius 2 is 2.25 bits per heavy atom. The predicted molar refractivity (Wildman–Crippen MR) is 52.4 cm³/mol. The second-order valence-electron chi connectivity index (χ2n) is 3.12. The van der Waals surface area contributed by atoms with E-state index in [-0.39, 0.29) is 5.56 Å². The average Bonchev–Trinajstić information content (AvgIpc) is 2.45. The van der Waals surface area contributed by atoms with Crippen LogP contribution >= 0.6 is 15.9 Å². The SMILES string of the molecule is Cc1cn(CC(Br)C(F)(F)F)nc1[N+](=O)[O-]. The number of aromatic nitrogens is 2. The second-order valence-corrected chi connectivity index (χ2v) is 4.23. The Labute approximate surface area is 96.5 Å². The third-order valence-corrected chi connectivity index (χ3v) is 2.60. The van der Waals surface area contributed by atoms with Gasteiger partial charge in [0, 0.05) is 0 Å². The highest BCUT2D eigenvalue weighted by Crippen LogP contribution is 2.28. The van der Waals surface area contributed by atoms with Gasteiger partial charge in [-0.2, -0.15) is 17.9 Å². The Morgan fingerprint density at radius 1 is 1.69 bits per heavy atom. The molecule has 0 fully saturated rings. The summed E-state index contributed by atoms with van der Waals surface area (Å²) >= 11 is 2.45. The van der Waals surface area contributed by atoms with Gasteiger partial charge in [0.25, 0.3) is 0 Å². The normalized spacial score (nSPS) is 13.8. The van der Waals surface area contributed by atoms with Crippen LogP contribution in [0.5, 0.6) is 0 Å². The first-order valence-electron chi connectivity index (χ1n) is 4.11. The molecule has 1 aromatic heterocycles. The molecule has 90 valence electrons. The number of hydrogen-bond donors (Lipinski definition) is 0. The Bertz CT molecular complexity index is 404. The molecule has 0 radical (unpaired) electrons. The lowest BCUT2D eigenvalue weighted by Gasteiger charge is -2.11. The standard InChI is InChI=1S/C7H7BrF3N3O2/c1-4-2-13(12-6(4)14(15)16)3-5(8)7(9,10)11/h2,5H,3H2,1H3. The van der Waals surface area contributed by atoms with Crippen LogP contribution in [0.2, 0.25) is 0 Å². The van der Waals surface area contributed by atoms with Crippen molar-refractivity contribution in [3.63, 3.8) is 0 Å². The first kappa shape index (κ1) is 12.9. The number of halogens is 4. The summed E-state index contributed by atoms with van der Waals surface area (Å²) in [7, 11) is 0. The minimum atomic E-state index is -4.41. The van der Waals surface area contributed by atoms with E-state index in [1.54, 1.807) is 0 Å². The van der Waals surface area contributed by atoms with Crippen molar-refractivity contribution in [2.24, 2.45) is 0 Å². The second kappa shape index (κ2) is 4.40. The van der Waals surface area contributed by atoms with E-state index in [1.807, 2.05) is 0 Å². The Morgan fingerprint density at radius 3 is 2.62 bits per heavy atom. The zero-order chi connectivity index (χ0) is 12.5. The molecule has 0 aliphatic rings. The fourth-order valence-electron chi connectivity index (χ4n) is 1.05. The summed E-state index contributed by atoms with van der Waals surface area (Å²) in [6.07, 6.45) is -3.20. The third kappa shape index (κ3) is 2.94. The van der Waals surface area contributed by atoms with Crippen LogP contribution in [0.15, 0.2) is 6.20 Å². The molecule has 1 atom stereocenters. The van der Waals surface area contributed by atoms with Crippen LogP contribution in [-0.2, 0) is 6.54 Å². The van der Waals surface area contributed by atoms with E-state index in [4.69, 9.17) is 0 Å². The van der Waals surface area contributed by atoms with Gasteiger partial charge in [-0.05, 0) is 11.8 Å². The summed E-state index contributed by atoms with van der Waals surface area (Å²) in [6.45, 7) is 0.913. The fraction of sp³-hybridized carbons (Fsp3) is 0.571. The zero-order valence-electron chi connectivity index (χ0n) is 8.03. The summed E-state index contributed by atoms with van der Waals surface area (Å²) in [5.74, 6) is -0.429. The van der Waals surface area contributed by atoms with E-state index in [0.717, 1.165) is 4.68 Å². The molecule has 0 spiro atoms. The van der Waals surface area contributed by atoms with Gasteiger partial charge >= 0.3 is 12.0 Å². The van der Waals surface area contributed by atoms with Crippen LogP contribution in [0.25, 0.3) is 0 Å². The summed E-state index contributed by atoms with van der Waals surface area (Å²) in [5, 5.41) is 13.9. The predicted octanol–water partition coefficient (Wildman–Crippen LogP) is 2.43. The maximum Gasteiger partial charge on any atom is 0.403 e. The maximum absolute atomic E-state index is 12.2. The summed E-state index contributed by atoms with van der Waals surface area (Å²) in [5.41, 5.74) is 0.229. The van der Waals surface area contributed by atoms with Gasteiger partial charge < -0.3 is 10.1 Å². The van der Waals surface area contributed by atoms with Crippen molar-refractivity contribution in [3.05, 3.63) is 21.9 Å². The van der Waals surface area contributed by atoms with Gasteiger partial charge in [0.05, 0.1) is 23.4 Å². The van der Waals surface area contributed by atoms with Crippen LogP contribution in [0.1, 0.15) is 5.56 Å². The molecule has 0 aliphatic carbocycles. The van der Waals surface area contributed by atoms with E-state index in [2.05, 4.69) is 21.0 Å². The van der Waals surface area contributed by atoms with Crippen molar-refractivity contribution in [3.8, 4) is 0 Å². The van der Waals surface area contributed by atoms with Gasteiger partial charge in [-0.3, -0.25) is 0 Å². The van der Waals surface area contributed by atoms with Crippen LogP contribution in [0.4, 0.5) is 19.0 Å². The molecule has 0 N–H and O–H groups in total. The van der Waals surface area contributed by atoms with Crippen LogP contribution in [-0.4, -0.2) is 25.7 Å². The lowest BCUT2D eigenvalue weighted by atomic mass is 10.4. The van der Waals surface area contributed by atoms with E-state index in [1.165, 1.54) is 13.1 Å². The van der Waals surface area contributed by atoms with Crippen molar-refractivity contribution in [2.45, 2.75) is 24.5 Å². The Kier molecular flexibility index (Phi) is 3.56. The average molecular weight is 302 g/mol. The Hall–Kier alpha value is -1.12. The molecule has 0 bridgehead atoms. The molecular formula is C7H7BrF3N3O2. The zero-order valence-corrected chi connectivity index (χ0v) is 9.62. The van der Waals surface area contributed by atoms with Gasteiger partial charge in [0.2, 0.25) is 0 Å². The number of alkyl halides is 4. The van der Waals surface area contributed by atoms with E-state index in [9.17, 15) is 23.3 Å². The third-order valence-electron chi connectivity index (χ3n) is 1.79. The van der Waals surface area contributed by atoms with Crippen LogP contribution < -0.4 is 0 Å². The molecule has 0 saturated heterocycles. The van der Waals surface area contributed by atoms with E-state index < -0.39 is 28.3 Å². The molecule has 16 heavy (non-hydrogen) atoms. The van der Waals surface area contributed by atoms with E-state index >= 15 is 0 Å². The number of nitrogens with zero attached hydrogens (tertiary/aromatic N) is 3. The summed E-state index contributed by atoms with van der Waals surface area (Å²) in [4.78, 5) is 7.90. The van der Waals surface area contributed by atoms with Gasteiger partial charge in [-0.1, -0.05) is 15.9 Å². The molecule has 5 nitrogen and oxygen atoms in total. The fourth-order valence-corrected chi connectivity index (χ4v) is 1.35. The first-order chi connectivity index (χ1) is 7.21. The van der Waals surface area contributed by atoms with Crippen molar-refractivity contribution in [2.75, 3.05) is 0 Å². The van der Waals surface area contributed by atoms with Crippen molar-refractivity contribution in [1.82, 2.24) is 9.78 Å². The maximum atomic E-state index is 12.2. The van der Waals surface area contributed by atoms with Crippen molar-refractivity contribution < 1.29 is 18.1 Å². The topological polar surface area (TPSA) is 61.0 Å². The van der Waals surface area contributed by atoms with Gasteiger partial charge in [0.15, 0.2) is 0 Å². The van der Waals surface area contributed by atoms with Crippen molar-refractivity contribution in [1.29, 1.82) is 0 Å². The number of hydrogen-bond acceptors (Lipinski definition) is 3. The van der Waals surface area contributed by atoms with Crippen LogP contribution in [0, 0.1) is 17.0 Å². The molecule has 0 aliphatic heterocycles. The molecule has 0 saturated carbocycles. The highest BCUT2D eigenvalue weighted by Gasteiger charge is 2.38. The summed E-state index contributed by atoms with van der Waals surface area (Å²) in [6, 6.07) is 0. The molecule has 1 heterocycles.